The summed E-state index contributed by atoms with van der Waals surface area (Å²) >= 11 is 3.45. The molecule has 1 N–H and O–H groups in total. The molecule has 0 aromatic heterocycles. The van der Waals surface area contributed by atoms with E-state index in [1.807, 2.05) is 48.5 Å². The van der Waals surface area contributed by atoms with Crippen molar-refractivity contribution in [2.75, 3.05) is 6.61 Å². The van der Waals surface area contributed by atoms with Crippen molar-refractivity contribution in [3.05, 3.63) is 64.1 Å². The molecule has 0 aliphatic heterocycles. The summed E-state index contributed by atoms with van der Waals surface area (Å²) in [5, 5.41) is 3.13. The highest BCUT2D eigenvalue weighted by Crippen LogP contribution is 2.31. The lowest BCUT2D eigenvalue weighted by molar-refractivity contribution is -0.142. The van der Waals surface area contributed by atoms with Gasteiger partial charge in [-0.3, -0.25) is 9.59 Å². The number of para-hydroxylation sites is 1. The highest BCUT2D eigenvalue weighted by atomic mass is 79.9. The first-order valence-corrected chi connectivity index (χ1v) is 12.5. The Hall–Kier alpha value is -2.34. The minimum Gasteiger partial charge on any atom is -0.483 e. The number of carbonyl (C=O) groups is 2. The van der Waals surface area contributed by atoms with Crippen LogP contribution in [0.4, 0.5) is 0 Å². The fourth-order valence-corrected chi connectivity index (χ4v) is 4.46. The quantitative estimate of drug-likeness (QED) is 0.498. The topological polar surface area (TPSA) is 58.6 Å². The van der Waals surface area contributed by atoms with E-state index in [2.05, 4.69) is 42.0 Å². The summed E-state index contributed by atoms with van der Waals surface area (Å²) in [4.78, 5) is 28.0. The third-order valence-electron chi connectivity index (χ3n) is 6.18. The van der Waals surface area contributed by atoms with Gasteiger partial charge in [0, 0.05) is 17.1 Å². The molecule has 6 heteroatoms. The van der Waals surface area contributed by atoms with Crippen molar-refractivity contribution in [2.24, 2.45) is 0 Å². The zero-order valence-electron chi connectivity index (χ0n) is 20.1. The van der Waals surface area contributed by atoms with Crippen molar-refractivity contribution >= 4 is 27.7 Å². The molecule has 178 valence electrons. The van der Waals surface area contributed by atoms with E-state index >= 15 is 0 Å². The highest BCUT2D eigenvalue weighted by Gasteiger charge is 2.29. The molecule has 5 nitrogen and oxygen atoms in total. The van der Waals surface area contributed by atoms with E-state index in [0.717, 1.165) is 41.3 Å². The average molecular weight is 515 g/mol. The number of nitrogens with zero attached hydrogens (tertiary/aromatic N) is 1. The Labute approximate surface area is 206 Å². The number of rotatable bonds is 8. The summed E-state index contributed by atoms with van der Waals surface area (Å²) in [7, 11) is 0. The lowest BCUT2D eigenvalue weighted by Gasteiger charge is -2.30. The van der Waals surface area contributed by atoms with Crippen LogP contribution in [-0.4, -0.2) is 35.4 Å². The van der Waals surface area contributed by atoms with Crippen LogP contribution < -0.4 is 10.1 Å². The molecule has 1 aliphatic carbocycles. The number of hydrogen-bond acceptors (Lipinski definition) is 3. The Morgan fingerprint density at radius 1 is 1.09 bits per heavy atom. The lowest BCUT2D eigenvalue weighted by atomic mass is 9.86. The zero-order chi connectivity index (χ0) is 24.0. The largest absolute Gasteiger partial charge is 0.483 e. The third kappa shape index (κ3) is 7.07. The number of halogens is 1. The molecule has 33 heavy (non-hydrogen) atoms. The molecular weight excluding hydrogens is 480 g/mol. The van der Waals surface area contributed by atoms with Crippen molar-refractivity contribution in [3.8, 4) is 5.75 Å². The Kier molecular flexibility index (Phi) is 8.57. The summed E-state index contributed by atoms with van der Waals surface area (Å²) in [6, 6.07) is 15.2. The number of benzene rings is 2. The van der Waals surface area contributed by atoms with Gasteiger partial charge in [0.15, 0.2) is 6.61 Å². The van der Waals surface area contributed by atoms with Crippen LogP contribution in [-0.2, 0) is 21.5 Å². The van der Waals surface area contributed by atoms with Crippen molar-refractivity contribution in [2.45, 2.75) is 77.4 Å². The third-order valence-corrected chi connectivity index (χ3v) is 6.71. The van der Waals surface area contributed by atoms with E-state index in [1.165, 1.54) is 0 Å². The van der Waals surface area contributed by atoms with Gasteiger partial charge in [-0.1, -0.05) is 79.9 Å². The molecule has 0 bridgehead atoms. The van der Waals surface area contributed by atoms with Crippen molar-refractivity contribution in [1.29, 1.82) is 0 Å². The van der Waals surface area contributed by atoms with Crippen LogP contribution >= 0.6 is 15.9 Å². The van der Waals surface area contributed by atoms with Gasteiger partial charge in [0.1, 0.15) is 11.8 Å². The van der Waals surface area contributed by atoms with Gasteiger partial charge in [0.25, 0.3) is 5.91 Å². The summed E-state index contributed by atoms with van der Waals surface area (Å²) in [6.45, 7) is 8.37. The maximum absolute atomic E-state index is 13.3. The minimum absolute atomic E-state index is 0.106. The van der Waals surface area contributed by atoms with Crippen molar-refractivity contribution < 1.29 is 14.3 Å². The molecule has 0 saturated heterocycles. The van der Waals surface area contributed by atoms with E-state index in [4.69, 9.17) is 4.74 Å². The van der Waals surface area contributed by atoms with Gasteiger partial charge in [-0.25, -0.2) is 0 Å². The molecule has 1 aliphatic rings. The van der Waals surface area contributed by atoms with Gasteiger partial charge in [-0.2, -0.15) is 0 Å². The second kappa shape index (κ2) is 11.2. The smallest absolute Gasteiger partial charge is 0.261 e. The molecule has 1 saturated carbocycles. The summed E-state index contributed by atoms with van der Waals surface area (Å²) in [5.41, 5.74) is 1.90. The second-order valence-electron chi connectivity index (χ2n) is 9.85. The van der Waals surface area contributed by atoms with Gasteiger partial charge in [-0.05, 0) is 54.5 Å². The monoisotopic (exact) mass is 514 g/mol. The van der Waals surface area contributed by atoms with E-state index < -0.39 is 6.04 Å². The van der Waals surface area contributed by atoms with Crippen molar-refractivity contribution in [3.63, 3.8) is 0 Å². The minimum atomic E-state index is -0.594. The molecule has 0 spiro atoms. The SMILES string of the molecule is C[C@H](C(=O)NC1CCCC1)N(Cc1ccc(Br)cc1)C(=O)COc1ccccc1C(C)(C)C. The van der Waals surface area contributed by atoms with Crippen LogP contribution in [0.2, 0.25) is 0 Å². The van der Waals surface area contributed by atoms with E-state index in [0.29, 0.717) is 12.3 Å². The van der Waals surface area contributed by atoms with Gasteiger partial charge >= 0.3 is 0 Å². The van der Waals surface area contributed by atoms with Crippen LogP contribution in [0, 0.1) is 0 Å². The fourth-order valence-electron chi connectivity index (χ4n) is 4.20. The molecule has 0 radical (unpaired) electrons. The number of ether oxygens (including phenoxy) is 1. The maximum atomic E-state index is 13.3. The second-order valence-corrected chi connectivity index (χ2v) is 10.8. The first kappa shape index (κ1) is 25.3. The zero-order valence-corrected chi connectivity index (χ0v) is 21.7. The summed E-state index contributed by atoms with van der Waals surface area (Å²) in [6.07, 6.45) is 4.29. The Balaban J connectivity index is 1.75. The molecule has 3 rings (SSSR count). The molecule has 1 atom stereocenters. The van der Waals surface area contributed by atoms with Crippen LogP contribution in [0.25, 0.3) is 0 Å². The molecule has 2 aromatic carbocycles. The van der Waals surface area contributed by atoms with Gasteiger partial charge in [0.05, 0.1) is 0 Å². The molecule has 0 unspecified atom stereocenters. The first-order valence-electron chi connectivity index (χ1n) is 11.7. The molecule has 1 fully saturated rings. The van der Waals surface area contributed by atoms with Gasteiger partial charge in [-0.15, -0.1) is 0 Å². The number of hydrogen-bond donors (Lipinski definition) is 1. The van der Waals surface area contributed by atoms with Crippen LogP contribution in [0.15, 0.2) is 53.0 Å². The van der Waals surface area contributed by atoms with Gasteiger partial charge in [0.2, 0.25) is 5.91 Å². The fraction of sp³-hybridized carbons (Fsp3) is 0.481. The predicted octanol–water partition coefficient (Wildman–Crippen LogP) is 5.60. The van der Waals surface area contributed by atoms with Crippen LogP contribution in [0.5, 0.6) is 5.75 Å². The molecule has 2 amide bonds. The van der Waals surface area contributed by atoms with E-state index in [-0.39, 0.29) is 29.9 Å². The predicted molar refractivity (Wildman–Crippen MR) is 135 cm³/mol. The maximum Gasteiger partial charge on any atom is 0.261 e. The number of nitrogens with one attached hydrogen (secondary N) is 1. The molecular formula is C27H35BrN2O3. The molecule has 2 aromatic rings. The van der Waals surface area contributed by atoms with Crippen LogP contribution in [0.3, 0.4) is 0 Å². The first-order chi connectivity index (χ1) is 15.6. The Morgan fingerprint density at radius 3 is 2.36 bits per heavy atom. The van der Waals surface area contributed by atoms with E-state index in [1.54, 1.807) is 11.8 Å². The highest BCUT2D eigenvalue weighted by molar-refractivity contribution is 9.10. The number of amides is 2. The standard InChI is InChI=1S/C27H35BrN2O3/c1-19(26(32)29-22-9-5-6-10-22)30(17-20-13-15-21(28)16-14-20)25(31)18-33-24-12-8-7-11-23(24)27(2,3)4/h7-8,11-16,19,22H,5-6,9-10,17-18H2,1-4H3,(H,29,32)/t19-/m1/s1. The Bertz CT molecular complexity index is 947. The van der Waals surface area contributed by atoms with E-state index in [9.17, 15) is 9.59 Å². The number of carbonyl (C=O) groups excluding carboxylic acids is 2. The summed E-state index contributed by atoms with van der Waals surface area (Å²) in [5.74, 6) is 0.378. The average Bonchev–Trinajstić information content (AvgIpc) is 3.29. The lowest BCUT2D eigenvalue weighted by Crippen LogP contribution is -2.50. The molecule has 0 heterocycles. The van der Waals surface area contributed by atoms with Crippen LogP contribution in [0.1, 0.15) is 64.5 Å². The summed E-state index contributed by atoms with van der Waals surface area (Å²) < 4.78 is 6.97. The Morgan fingerprint density at radius 2 is 1.73 bits per heavy atom. The van der Waals surface area contributed by atoms with Gasteiger partial charge < -0.3 is 15.0 Å². The van der Waals surface area contributed by atoms with Crippen molar-refractivity contribution in [1.82, 2.24) is 10.2 Å². The normalized spacial score (nSPS) is 15.2.